The third-order valence-electron chi connectivity index (χ3n) is 4.56. The fourth-order valence-corrected chi connectivity index (χ4v) is 2.85. The second kappa shape index (κ2) is 13.8. The molecule has 0 saturated carbocycles. The van der Waals surface area contributed by atoms with Gasteiger partial charge in [-0.1, -0.05) is 18.2 Å². The quantitative estimate of drug-likeness (QED) is 0.377. The van der Waals surface area contributed by atoms with Gasteiger partial charge in [0.15, 0.2) is 6.61 Å². The lowest BCUT2D eigenvalue weighted by Gasteiger charge is -2.14. The van der Waals surface area contributed by atoms with Crippen molar-refractivity contribution in [3.8, 4) is 17.2 Å². The van der Waals surface area contributed by atoms with Crippen LogP contribution in [0.25, 0.3) is 0 Å². The molecule has 1 aliphatic rings. The Balaban J connectivity index is 1.23. The highest BCUT2D eigenvalue weighted by Gasteiger charge is 2.07. The molecule has 8 nitrogen and oxygen atoms in total. The molecule has 0 saturated heterocycles. The second-order valence-electron chi connectivity index (χ2n) is 7.26. The minimum Gasteiger partial charge on any atom is -0.492 e. The van der Waals surface area contributed by atoms with Gasteiger partial charge in [-0.15, -0.1) is 0 Å². The predicted octanol–water partition coefficient (Wildman–Crippen LogP) is 2.41. The number of ether oxygens (including phenoxy) is 4. The molecule has 1 aliphatic heterocycles. The molecule has 3 rings (SSSR count). The summed E-state index contributed by atoms with van der Waals surface area (Å²) >= 11 is 0. The summed E-state index contributed by atoms with van der Waals surface area (Å²) in [7, 11) is 0. The molecular formula is C25H30N2O6. The van der Waals surface area contributed by atoms with Crippen LogP contribution in [0, 0.1) is 0 Å². The summed E-state index contributed by atoms with van der Waals surface area (Å²) in [5.41, 5.74) is 0. The van der Waals surface area contributed by atoms with E-state index in [0.29, 0.717) is 37.7 Å². The number of nitrogens with one attached hydrogen (secondary N) is 2. The summed E-state index contributed by atoms with van der Waals surface area (Å²) in [5.74, 6) is 2.50. The van der Waals surface area contributed by atoms with Crippen LogP contribution in [0.5, 0.6) is 17.2 Å². The number of amides is 1. The highest BCUT2D eigenvalue weighted by molar-refractivity contribution is 5.77. The highest BCUT2D eigenvalue weighted by Crippen LogP contribution is 2.17. The summed E-state index contributed by atoms with van der Waals surface area (Å²) in [6.45, 7) is 1.91. The fourth-order valence-electron chi connectivity index (χ4n) is 2.85. The first-order valence-corrected chi connectivity index (χ1v) is 10.9. The van der Waals surface area contributed by atoms with Crippen molar-refractivity contribution in [2.24, 2.45) is 0 Å². The van der Waals surface area contributed by atoms with E-state index in [9.17, 15) is 9.90 Å². The molecule has 176 valence electrons. The van der Waals surface area contributed by atoms with E-state index >= 15 is 0 Å². The smallest absolute Gasteiger partial charge is 0.258 e. The maximum absolute atomic E-state index is 11.9. The number of rotatable bonds is 14. The Morgan fingerprint density at radius 3 is 2.45 bits per heavy atom. The number of hydrogen-bond acceptors (Lipinski definition) is 7. The number of allylic oxidation sites excluding steroid dienone is 2. The van der Waals surface area contributed by atoms with Gasteiger partial charge in [-0.05, 0) is 55.0 Å². The van der Waals surface area contributed by atoms with E-state index in [4.69, 9.17) is 18.9 Å². The Morgan fingerprint density at radius 1 is 1.00 bits per heavy atom. The molecule has 1 atom stereocenters. The zero-order valence-electron chi connectivity index (χ0n) is 18.4. The summed E-state index contributed by atoms with van der Waals surface area (Å²) in [6.07, 6.45) is 5.62. The molecule has 2 aromatic carbocycles. The van der Waals surface area contributed by atoms with Gasteiger partial charge in [0.2, 0.25) is 0 Å². The second-order valence-corrected chi connectivity index (χ2v) is 7.26. The largest absolute Gasteiger partial charge is 0.492 e. The first kappa shape index (κ1) is 24.2. The van der Waals surface area contributed by atoms with Crippen LogP contribution in [-0.2, 0) is 9.53 Å². The average molecular weight is 455 g/mol. The molecule has 3 N–H and O–H groups in total. The van der Waals surface area contributed by atoms with E-state index in [2.05, 4.69) is 10.6 Å². The molecule has 1 amide bonds. The van der Waals surface area contributed by atoms with E-state index in [1.165, 1.54) is 0 Å². The monoisotopic (exact) mass is 454 g/mol. The molecule has 1 unspecified atom stereocenters. The van der Waals surface area contributed by atoms with Crippen molar-refractivity contribution in [3.05, 3.63) is 78.8 Å². The van der Waals surface area contributed by atoms with Crippen molar-refractivity contribution < 1.29 is 28.8 Å². The van der Waals surface area contributed by atoms with Gasteiger partial charge >= 0.3 is 0 Å². The van der Waals surface area contributed by atoms with Crippen molar-refractivity contribution in [1.29, 1.82) is 0 Å². The normalized spacial score (nSPS) is 13.4. The van der Waals surface area contributed by atoms with Gasteiger partial charge in [0.1, 0.15) is 42.3 Å². The van der Waals surface area contributed by atoms with Gasteiger partial charge in [0, 0.05) is 13.1 Å². The fraction of sp³-hybridized carbons (Fsp3) is 0.320. The third kappa shape index (κ3) is 9.67. The van der Waals surface area contributed by atoms with Crippen molar-refractivity contribution in [2.75, 3.05) is 39.5 Å². The lowest BCUT2D eigenvalue weighted by molar-refractivity contribution is -0.123. The number of hydrogen-bond donors (Lipinski definition) is 3. The maximum Gasteiger partial charge on any atom is 0.258 e. The Kier molecular flexibility index (Phi) is 10.1. The molecular weight excluding hydrogens is 424 g/mol. The molecule has 1 heterocycles. The van der Waals surface area contributed by atoms with Crippen LogP contribution in [0.15, 0.2) is 78.8 Å². The minimum absolute atomic E-state index is 0.0798. The third-order valence-corrected chi connectivity index (χ3v) is 4.56. The molecule has 0 aliphatic carbocycles. The zero-order valence-corrected chi connectivity index (χ0v) is 18.4. The van der Waals surface area contributed by atoms with Crippen LogP contribution in [0.2, 0.25) is 0 Å². The van der Waals surface area contributed by atoms with E-state index in [1.54, 1.807) is 30.5 Å². The summed E-state index contributed by atoms with van der Waals surface area (Å²) < 4.78 is 22.0. The number of aliphatic hydroxyl groups excluding tert-OH is 1. The van der Waals surface area contributed by atoms with Gasteiger partial charge in [-0.3, -0.25) is 4.79 Å². The van der Waals surface area contributed by atoms with Crippen LogP contribution < -0.4 is 24.8 Å². The van der Waals surface area contributed by atoms with E-state index in [0.717, 1.165) is 17.9 Å². The van der Waals surface area contributed by atoms with Crippen LogP contribution in [0.4, 0.5) is 0 Å². The predicted molar refractivity (Wildman–Crippen MR) is 124 cm³/mol. The van der Waals surface area contributed by atoms with Crippen molar-refractivity contribution in [3.63, 3.8) is 0 Å². The lowest BCUT2D eigenvalue weighted by atomic mass is 10.3. The molecule has 33 heavy (non-hydrogen) atoms. The van der Waals surface area contributed by atoms with Crippen LogP contribution in [-0.4, -0.2) is 56.6 Å². The van der Waals surface area contributed by atoms with Gasteiger partial charge in [-0.2, -0.15) is 0 Å². The van der Waals surface area contributed by atoms with Gasteiger partial charge in [-0.25, -0.2) is 0 Å². The van der Waals surface area contributed by atoms with Crippen LogP contribution in [0.1, 0.15) is 6.42 Å². The maximum atomic E-state index is 11.9. The molecule has 0 radical (unpaired) electrons. The number of carbonyl (C=O) groups is 1. The Morgan fingerprint density at radius 2 is 1.73 bits per heavy atom. The summed E-state index contributed by atoms with van der Waals surface area (Å²) in [5, 5.41) is 15.8. The van der Waals surface area contributed by atoms with E-state index in [1.807, 2.05) is 42.5 Å². The SMILES string of the molecule is O=C(COc1ccc(OCCNCC(O)COc2ccccc2)cc1)NCC1=CCC=CO1. The van der Waals surface area contributed by atoms with Gasteiger partial charge in [0.25, 0.3) is 5.91 Å². The molecule has 0 bridgehead atoms. The Bertz CT molecular complexity index is 899. The summed E-state index contributed by atoms with van der Waals surface area (Å²) in [6, 6.07) is 16.4. The molecule has 8 heteroatoms. The Hall–Kier alpha value is -3.49. The lowest BCUT2D eigenvalue weighted by Crippen LogP contribution is -2.33. The minimum atomic E-state index is -0.609. The molecule has 0 aromatic heterocycles. The zero-order chi connectivity index (χ0) is 23.1. The molecule has 0 spiro atoms. The van der Waals surface area contributed by atoms with Crippen molar-refractivity contribution in [1.82, 2.24) is 10.6 Å². The topological polar surface area (TPSA) is 98.3 Å². The summed E-state index contributed by atoms with van der Waals surface area (Å²) in [4.78, 5) is 11.9. The Labute approximate surface area is 193 Å². The number of aliphatic hydroxyl groups is 1. The first-order valence-electron chi connectivity index (χ1n) is 10.9. The van der Waals surface area contributed by atoms with Gasteiger partial charge < -0.3 is 34.7 Å². The van der Waals surface area contributed by atoms with Gasteiger partial charge in [0.05, 0.1) is 12.8 Å². The van der Waals surface area contributed by atoms with Crippen molar-refractivity contribution in [2.45, 2.75) is 12.5 Å². The van der Waals surface area contributed by atoms with Crippen molar-refractivity contribution >= 4 is 5.91 Å². The number of benzene rings is 2. The standard InChI is InChI=1S/C25H30N2O6/c28-20(18-32-21-6-2-1-3-7-21)16-26-13-15-31-22-9-11-23(12-10-22)33-19-25(29)27-17-24-8-4-5-14-30-24/h1-3,5-12,14,20,26,28H,4,13,15-19H2,(H,27,29). The first-order chi connectivity index (χ1) is 16.2. The average Bonchev–Trinajstić information content (AvgIpc) is 2.87. The van der Waals surface area contributed by atoms with E-state index < -0.39 is 6.10 Å². The number of carbonyl (C=O) groups excluding carboxylic acids is 1. The molecule has 0 fully saturated rings. The van der Waals surface area contributed by atoms with Crippen LogP contribution >= 0.6 is 0 Å². The molecule has 2 aromatic rings. The highest BCUT2D eigenvalue weighted by atomic mass is 16.5. The van der Waals surface area contributed by atoms with Crippen LogP contribution in [0.3, 0.4) is 0 Å². The van der Waals surface area contributed by atoms with E-state index in [-0.39, 0.29) is 19.1 Å². The number of para-hydroxylation sites is 1.